The summed E-state index contributed by atoms with van der Waals surface area (Å²) in [7, 11) is 1.46. The molecule has 0 fully saturated rings. The van der Waals surface area contributed by atoms with E-state index in [0.29, 0.717) is 11.4 Å². The Bertz CT molecular complexity index is 1110. The Morgan fingerprint density at radius 3 is 2.29 bits per heavy atom. The number of carbonyl (C=O) groups is 3. The highest BCUT2D eigenvalue weighted by Crippen LogP contribution is 2.26. The van der Waals surface area contributed by atoms with Gasteiger partial charge in [0.2, 0.25) is 5.91 Å². The number of hydrogen-bond acceptors (Lipinski definition) is 5. The third-order valence-electron chi connectivity index (χ3n) is 4.74. The number of aryl methyl sites for hydroxylation is 1. The number of nitrogens with one attached hydrogen (secondary N) is 2. The SMILES string of the molecule is CCc1ccccc1NC(=O)CNC(=O)COC(=O)c1cc2ccccc2cc1OC. The van der Waals surface area contributed by atoms with E-state index in [1.54, 1.807) is 18.2 Å². The average molecular weight is 420 g/mol. The van der Waals surface area contributed by atoms with Gasteiger partial charge in [0, 0.05) is 5.69 Å². The summed E-state index contributed by atoms with van der Waals surface area (Å²) in [4.78, 5) is 36.6. The van der Waals surface area contributed by atoms with E-state index in [1.165, 1.54) is 7.11 Å². The van der Waals surface area contributed by atoms with Crippen molar-refractivity contribution in [3.8, 4) is 5.75 Å². The van der Waals surface area contributed by atoms with E-state index in [1.807, 2.05) is 49.4 Å². The fourth-order valence-corrected chi connectivity index (χ4v) is 3.13. The number of esters is 1. The van der Waals surface area contributed by atoms with E-state index in [0.717, 1.165) is 22.8 Å². The summed E-state index contributed by atoms with van der Waals surface area (Å²) >= 11 is 0. The molecule has 31 heavy (non-hydrogen) atoms. The molecule has 3 aromatic rings. The van der Waals surface area contributed by atoms with Crippen molar-refractivity contribution >= 4 is 34.2 Å². The smallest absolute Gasteiger partial charge is 0.342 e. The molecule has 2 N–H and O–H groups in total. The molecule has 3 aromatic carbocycles. The van der Waals surface area contributed by atoms with Crippen LogP contribution in [-0.2, 0) is 20.7 Å². The van der Waals surface area contributed by atoms with Crippen LogP contribution >= 0.6 is 0 Å². The number of benzene rings is 3. The highest BCUT2D eigenvalue weighted by molar-refractivity contribution is 6.00. The molecule has 0 heterocycles. The first-order valence-electron chi connectivity index (χ1n) is 9.90. The van der Waals surface area contributed by atoms with Crippen molar-refractivity contribution in [1.82, 2.24) is 5.32 Å². The Balaban J connectivity index is 1.53. The number of ether oxygens (including phenoxy) is 2. The van der Waals surface area contributed by atoms with Crippen molar-refractivity contribution in [1.29, 1.82) is 0 Å². The van der Waals surface area contributed by atoms with Crippen molar-refractivity contribution in [2.24, 2.45) is 0 Å². The largest absolute Gasteiger partial charge is 0.496 e. The molecule has 0 atom stereocenters. The molecule has 3 rings (SSSR count). The summed E-state index contributed by atoms with van der Waals surface area (Å²) in [6, 6.07) is 18.4. The first-order valence-corrected chi connectivity index (χ1v) is 9.90. The predicted molar refractivity (Wildman–Crippen MR) is 118 cm³/mol. The quantitative estimate of drug-likeness (QED) is 0.545. The monoisotopic (exact) mass is 420 g/mol. The van der Waals surface area contributed by atoms with Gasteiger partial charge < -0.3 is 20.1 Å². The summed E-state index contributed by atoms with van der Waals surface area (Å²) in [5.74, 6) is -1.26. The lowest BCUT2D eigenvalue weighted by Gasteiger charge is -2.11. The van der Waals surface area contributed by atoms with Crippen molar-refractivity contribution in [3.63, 3.8) is 0 Å². The van der Waals surface area contributed by atoms with E-state index >= 15 is 0 Å². The number of carbonyl (C=O) groups excluding carboxylic acids is 3. The molecule has 7 nitrogen and oxygen atoms in total. The molecule has 0 radical (unpaired) electrons. The van der Waals surface area contributed by atoms with Gasteiger partial charge in [-0.25, -0.2) is 4.79 Å². The number of fused-ring (bicyclic) bond motifs is 1. The zero-order valence-electron chi connectivity index (χ0n) is 17.4. The maximum atomic E-state index is 12.5. The van der Waals surface area contributed by atoms with Gasteiger partial charge in [0.05, 0.1) is 13.7 Å². The molecule has 0 aliphatic rings. The molecule has 0 bridgehead atoms. The van der Waals surface area contributed by atoms with E-state index in [2.05, 4.69) is 10.6 Å². The van der Waals surface area contributed by atoms with Crippen LogP contribution in [0.4, 0.5) is 5.69 Å². The molecular weight excluding hydrogens is 396 g/mol. The van der Waals surface area contributed by atoms with Crippen LogP contribution in [0.1, 0.15) is 22.8 Å². The minimum absolute atomic E-state index is 0.225. The van der Waals surface area contributed by atoms with Crippen LogP contribution < -0.4 is 15.4 Å². The molecule has 0 aliphatic carbocycles. The third kappa shape index (κ3) is 5.60. The highest BCUT2D eigenvalue weighted by Gasteiger charge is 2.17. The van der Waals surface area contributed by atoms with Crippen LogP contribution in [0.5, 0.6) is 5.75 Å². The molecule has 0 spiro atoms. The summed E-state index contributed by atoms with van der Waals surface area (Å²) in [6.45, 7) is 1.26. The summed E-state index contributed by atoms with van der Waals surface area (Å²) < 4.78 is 10.4. The zero-order valence-corrected chi connectivity index (χ0v) is 17.4. The van der Waals surface area contributed by atoms with Gasteiger partial charge in [-0.15, -0.1) is 0 Å². The second-order valence-corrected chi connectivity index (χ2v) is 6.81. The van der Waals surface area contributed by atoms with Gasteiger partial charge in [-0.3, -0.25) is 9.59 Å². The average Bonchev–Trinajstić information content (AvgIpc) is 2.80. The lowest BCUT2D eigenvalue weighted by Crippen LogP contribution is -2.35. The predicted octanol–water partition coefficient (Wildman–Crippen LogP) is 3.32. The topological polar surface area (TPSA) is 93.7 Å². The molecule has 0 unspecified atom stereocenters. The molecule has 0 saturated carbocycles. The number of rotatable bonds is 8. The minimum atomic E-state index is -0.681. The number of methoxy groups -OCH3 is 1. The highest BCUT2D eigenvalue weighted by atomic mass is 16.5. The number of amides is 2. The van der Waals surface area contributed by atoms with Crippen LogP contribution in [-0.4, -0.2) is 38.0 Å². The molecule has 2 amide bonds. The van der Waals surface area contributed by atoms with Crippen molar-refractivity contribution in [2.75, 3.05) is 25.6 Å². The number of para-hydroxylation sites is 1. The van der Waals surface area contributed by atoms with Gasteiger partial charge in [0.15, 0.2) is 6.61 Å². The molecule has 0 aromatic heterocycles. The van der Waals surface area contributed by atoms with E-state index in [4.69, 9.17) is 9.47 Å². The number of anilines is 1. The first-order chi connectivity index (χ1) is 15.0. The molecule has 0 aliphatic heterocycles. The Hall–Kier alpha value is -3.87. The van der Waals surface area contributed by atoms with Crippen molar-refractivity contribution in [3.05, 3.63) is 71.8 Å². The van der Waals surface area contributed by atoms with Gasteiger partial charge in [-0.05, 0) is 41.0 Å². The molecule has 0 saturated heterocycles. The van der Waals surface area contributed by atoms with Crippen molar-refractivity contribution < 1.29 is 23.9 Å². The van der Waals surface area contributed by atoms with Crippen LogP contribution in [0, 0.1) is 0 Å². The Morgan fingerprint density at radius 1 is 0.903 bits per heavy atom. The summed E-state index contributed by atoms with van der Waals surface area (Å²) in [6.07, 6.45) is 0.775. The van der Waals surface area contributed by atoms with Crippen LogP contribution in [0.2, 0.25) is 0 Å². The van der Waals surface area contributed by atoms with Gasteiger partial charge in [0.1, 0.15) is 11.3 Å². The van der Waals surface area contributed by atoms with Crippen molar-refractivity contribution in [2.45, 2.75) is 13.3 Å². The van der Waals surface area contributed by atoms with Gasteiger partial charge in [-0.2, -0.15) is 0 Å². The van der Waals surface area contributed by atoms with E-state index in [-0.39, 0.29) is 18.0 Å². The fraction of sp³-hybridized carbons (Fsp3) is 0.208. The third-order valence-corrected chi connectivity index (χ3v) is 4.74. The zero-order chi connectivity index (χ0) is 22.2. The molecule has 7 heteroatoms. The fourth-order valence-electron chi connectivity index (χ4n) is 3.13. The lowest BCUT2D eigenvalue weighted by molar-refractivity contribution is -0.126. The van der Waals surface area contributed by atoms with Gasteiger partial charge >= 0.3 is 5.97 Å². The second kappa shape index (κ2) is 10.2. The molecule has 160 valence electrons. The second-order valence-electron chi connectivity index (χ2n) is 6.81. The number of hydrogen-bond donors (Lipinski definition) is 2. The van der Waals surface area contributed by atoms with E-state index in [9.17, 15) is 14.4 Å². The minimum Gasteiger partial charge on any atom is -0.496 e. The van der Waals surface area contributed by atoms with Gasteiger partial charge in [0.25, 0.3) is 5.91 Å². The summed E-state index contributed by atoms with van der Waals surface area (Å²) in [5.41, 5.74) is 1.93. The van der Waals surface area contributed by atoms with Crippen LogP contribution in [0.15, 0.2) is 60.7 Å². The first kappa shape index (κ1) is 21.8. The van der Waals surface area contributed by atoms with E-state index < -0.39 is 18.5 Å². The lowest BCUT2D eigenvalue weighted by atomic mass is 10.1. The van der Waals surface area contributed by atoms with Crippen LogP contribution in [0.25, 0.3) is 10.8 Å². The standard InChI is InChI=1S/C24H24N2O5/c1-3-16-8-6-7-11-20(16)26-22(27)14-25-23(28)15-31-24(29)19-12-17-9-4-5-10-18(17)13-21(19)30-2/h4-13H,3,14-15H2,1-2H3,(H,25,28)(H,26,27). The molecular formula is C24H24N2O5. The maximum Gasteiger partial charge on any atom is 0.342 e. The van der Waals surface area contributed by atoms with Crippen LogP contribution in [0.3, 0.4) is 0 Å². The van der Waals surface area contributed by atoms with Gasteiger partial charge in [-0.1, -0.05) is 49.4 Å². The summed E-state index contributed by atoms with van der Waals surface area (Å²) in [5, 5.41) is 6.98. The maximum absolute atomic E-state index is 12.5. The normalized spacial score (nSPS) is 10.4. The Morgan fingerprint density at radius 2 is 1.58 bits per heavy atom. The Labute approximate surface area is 180 Å². The Kier molecular flexibility index (Phi) is 7.22.